The lowest BCUT2D eigenvalue weighted by Gasteiger charge is -2.14. The van der Waals surface area contributed by atoms with E-state index in [1.54, 1.807) is 43.6 Å². The van der Waals surface area contributed by atoms with Crippen molar-refractivity contribution in [2.24, 2.45) is 0 Å². The van der Waals surface area contributed by atoms with Gasteiger partial charge in [0.15, 0.2) is 0 Å². The van der Waals surface area contributed by atoms with Crippen molar-refractivity contribution >= 4 is 27.5 Å². The fourth-order valence-corrected chi connectivity index (χ4v) is 2.06. The van der Waals surface area contributed by atoms with Crippen LogP contribution in [0.1, 0.15) is 17.4 Å². The van der Waals surface area contributed by atoms with Crippen molar-refractivity contribution in [3.8, 4) is 5.75 Å². The normalized spacial score (nSPS) is 12.2. The molecule has 0 saturated heterocycles. The number of hydrogen-bond donors (Lipinski definition) is 1. The predicted octanol–water partition coefficient (Wildman–Crippen LogP) is 3.59. The minimum atomic E-state index is -0.869. The number of aromatic nitrogens is 1. The molecule has 2 aromatic rings. The molecule has 1 heterocycles. The zero-order valence-electron chi connectivity index (χ0n) is 9.60. The predicted molar refractivity (Wildman–Crippen MR) is 74.0 cm³/mol. The van der Waals surface area contributed by atoms with Gasteiger partial charge in [-0.1, -0.05) is 17.7 Å². The molecule has 0 fully saturated rings. The van der Waals surface area contributed by atoms with Crippen LogP contribution in [0.4, 0.5) is 0 Å². The standard InChI is InChI=1S/C13H11BrClNO2/c1-18-11-3-2-6-16-12(11)13(17)8-4-5-9(14)10(15)7-8/h2-7,13,17H,1H3. The Balaban J connectivity index is 2.41. The number of nitrogens with zero attached hydrogens (tertiary/aromatic N) is 1. The molecule has 0 bridgehead atoms. The zero-order chi connectivity index (χ0) is 13.1. The third kappa shape index (κ3) is 2.66. The molecule has 2 rings (SSSR count). The summed E-state index contributed by atoms with van der Waals surface area (Å²) in [6, 6.07) is 8.78. The Kier molecular flexibility index (Phi) is 4.22. The van der Waals surface area contributed by atoms with Crippen LogP contribution in [0.5, 0.6) is 5.75 Å². The quantitative estimate of drug-likeness (QED) is 0.936. The average Bonchev–Trinajstić information content (AvgIpc) is 2.41. The van der Waals surface area contributed by atoms with Crippen molar-refractivity contribution in [2.45, 2.75) is 6.10 Å². The van der Waals surface area contributed by atoms with Crippen LogP contribution in [0.3, 0.4) is 0 Å². The van der Waals surface area contributed by atoms with Crippen LogP contribution in [0.25, 0.3) is 0 Å². The highest BCUT2D eigenvalue weighted by Crippen LogP contribution is 2.31. The summed E-state index contributed by atoms with van der Waals surface area (Å²) >= 11 is 9.32. The van der Waals surface area contributed by atoms with E-state index in [0.717, 1.165) is 4.47 Å². The van der Waals surface area contributed by atoms with Crippen LogP contribution < -0.4 is 4.74 Å². The second-order valence-electron chi connectivity index (χ2n) is 3.67. The van der Waals surface area contributed by atoms with Crippen LogP contribution in [0, 0.1) is 0 Å². The zero-order valence-corrected chi connectivity index (χ0v) is 11.9. The first-order chi connectivity index (χ1) is 8.63. The summed E-state index contributed by atoms with van der Waals surface area (Å²) < 4.78 is 5.96. The van der Waals surface area contributed by atoms with Crippen molar-refractivity contribution in [2.75, 3.05) is 7.11 Å². The third-order valence-corrected chi connectivity index (χ3v) is 3.77. The minimum Gasteiger partial charge on any atom is -0.495 e. The highest BCUT2D eigenvalue weighted by atomic mass is 79.9. The summed E-state index contributed by atoms with van der Waals surface area (Å²) in [5, 5.41) is 10.8. The first-order valence-corrected chi connectivity index (χ1v) is 6.42. The Bertz CT molecular complexity index is 562. The summed E-state index contributed by atoms with van der Waals surface area (Å²) in [6.07, 6.45) is 0.744. The van der Waals surface area contributed by atoms with Gasteiger partial charge in [-0.25, -0.2) is 0 Å². The Labute approximate surface area is 119 Å². The lowest BCUT2D eigenvalue weighted by molar-refractivity contribution is 0.209. The van der Waals surface area contributed by atoms with Crippen LogP contribution in [-0.4, -0.2) is 17.2 Å². The van der Waals surface area contributed by atoms with Crippen LogP contribution in [0.15, 0.2) is 41.0 Å². The van der Waals surface area contributed by atoms with Crippen LogP contribution in [-0.2, 0) is 0 Å². The average molecular weight is 329 g/mol. The molecule has 0 aliphatic rings. The van der Waals surface area contributed by atoms with Gasteiger partial charge in [-0.05, 0) is 45.8 Å². The lowest BCUT2D eigenvalue weighted by Crippen LogP contribution is -2.04. The maximum absolute atomic E-state index is 10.3. The van der Waals surface area contributed by atoms with Gasteiger partial charge in [0, 0.05) is 10.7 Å². The van der Waals surface area contributed by atoms with Gasteiger partial charge in [0.25, 0.3) is 0 Å². The smallest absolute Gasteiger partial charge is 0.143 e. The van der Waals surface area contributed by atoms with E-state index in [4.69, 9.17) is 16.3 Å². The fraction of sp³-hybridized carbons (Fsp3) is 0.154. The molecule has 1 aromatic heterocycles. The number of pyridine rings is 1. The molecule has 0 radical (unpaired) electrons. The van der Waals surface area contributed by atoms with E-state index < -0.39 is 6.10 Å². The molecule has 5 heteroatoms. The number of methoxy groups -OCH3 is 1. The third-order valence-electron chi connectivity index (χ3n) is 2.54. The first kappa shape index (κ1) is 13.3. The number of halogens is 2. The second kappa shape index (κ2) is 5.69. The summed E-state index contributed by atoms with van der Waals surface area (Å²) in [6.45, 7) is 0. The van der Waals surface area contributed by atoms with E-state index in [0.29, 0.717) is 22.0 Å². The van der Waals surface area contributed by atoms with Crippen molar-refractivity contribution < 1.29 is 9.84 Å². The molecule has 1 unspecified atom stereocenters. The molecule has 1 N–H and O–H groups in total. The Morgan fingerprint density at radius 2 is 2.17 bits per heavy atom. The number of aliphatic hydroxyl groups is 1. The van der Waals surface area contributed by atoms with Gasteiger partial charge in [-0.15, -0.1) is 0 Å². The maximum Gasteiger partial charge on any atom is 0.143 e. The van der Waals surface area contributed by atoms with E-state index >= 15 is 0 Å². The minimum absolute atomic E-state index is 0.471. The molecule has 0 saturated carbocycles. The van der Waals surface area contributed by atoms with Crippen molar-refractivity contribution in [3.05, 3.63) is 57.3 Å². The number of rotatable bonds is 3. The molecule has 1 aromatic carbocycles. The highest BCUT2D eigenvalue weighted by molar-refractivity contribution is 9.10. The molecule has 18 heavy (non-hydrogen) atoms. The molecule has 94 valence electrons. The van der Waals surface area contributed by atoms with Gasteiger partial charge in [-0.2, -0.15) is 0 Å². The largest absolute Gasteiger partial charge is 0.495 e. The molecule has 0 aliphatic carbocycles. The van der Waals surface area contributed by atoms with Gasteiger partial charge in [-0.3, -0.25) is 4.98 Å². The topological polar surface area (TPSA) is 42.4 Å². The van der Waals surface area contributed by atoms with E-state index in [2.05, 4.69) is 20.9 Å². The van der Waals surface area contributed by atoms with E-state index in [9.17, 15) is 5.11 Å². The molecular weight excluding hydrogens is 318 g/mol. The van der Waals surface area contributed by atoms with Gasteiger partial charge >= 0.3 is 0 Å². The molecule has 0 aliphatic heterocycles. The number of hydrogen-bond acceptors (Lipinski definition) is 3. The van der Waals surface area contributed by atoms with Crippen LogP contribution in [0.2, 0.25) is 5.02 Å². The Hall–Kier alpha value is -1.10. The summed E-state index contributed by atoms with van der Waals surface area (Å²) in [7, 11) is 1.54. The van der Waals surface area contributed by atoms with Crippen molar-refractivity contribution in [3.63, 3.8) is 0 Å². The van der Waals surface area contributed by atoms with Crippen LogP contribution >= 0.6 is 27.5 Å². The second-order valence-corrected chi connectivity index (χ2v) is 4.93. The number of aliphatic hydroxyl groups excluding tert-OH is 1. The van der Waals surface area contributed by atoms with E-state index in [1.807, 2.05) is 0 Å². The highest BCUT2D eigenvalue weighted by Gasteiger charge is 2.17. The van der Waals surface area contributed by atoms with Crippen molar-refractivity contribution in [1.29, 1.82) is 0 Å². The Morgan fingerprint density at radius 1 is 1.39 bits per heavy atom. The summed E-state index contributed by atoms with van der Waals surface area (Å²) in [5.41, 5.74) is 1.14. The number of ether oxygens (including phenoxy) is 1. The fourth-order valence-electron chi connectivity index (χ4n) is 1.62. The molecule has 0 spiro atoms. The van der Waals surface area contributed by atoms with Gasteiger partial charge in [0.2, 0.25) is 0 Å². The monoisotopic (exact) mass is 327 g/mol. The van der Waals surface area contributed by atoms with Gasteiger partial charge in [0.05, 0.1) is 12.1 Å². The lowest BCUT2D eigenvalue weighted by atomic mass is 10.1. The molecular formula is C13H11BrClNO2. The summed E-state index contributed by atoms with van der Waals surface area (Å²) in [4.78, 5) is 4.15. The molecule has 1 atom stereocenters. The molecule has 0 amide bonds. The molecule has 3 nitrogen and oxygen atoms in total. The van der Waals surface area contributed by atoms with E-state index in [-0.39, 0.29) is 0 Å². The SMILES string of the molecule is COc1cccnc1C(O)c1ccc(Br)c(Cl)c1. The summed E-state index contributed by atoms with van der Waals surface area (Å²) in [5.74, 6) is 0.545. The Morgan fingerprint density at radius 3 is 2.83 bits per heavy atom. The van der Waals surface area contributed by atoms with Gasteiger partial charge in [0.1, 0.15) is 17.5 Å². The van der Waals surface area contributed by atoms with Gasteiger partial charge < -0.3 is 9.84 Å². The van der Waals surface area contributed by atoms with Crippen molar-refractivity contribution in [1.82, 2.24) is 4.98 Å². The maximum atomic E-state index is 10.3. The van der Waals surface area contributed by atoms with E-state index in [1.165, 1.54) is 0 Å². The number of benzene rings is 1. The first-order valence-electron chi connectivity index (χ1n) is 5.25.